The van der Waals surface area contributed by atoms with Gasteiger partial charge in [-0.1, -0.05) is 32.9 Å². The number of methoxy groups -OCH3 is 1. The predicted octanol–water partition coefficient (Wildman–Crippen LogP) is 3.69. The van der Waals surface area contributed by atoms with Crippen molar-refractivity contribution in [2.24, 2.45) is 40.4 Å². The van der Waals surface area contributed by atoms with Gasteiger partial charge in [0.15, 0.2) is 5.78 Å². The van der Waals surface area contributed by atoms with Crippen LogP contribution in [-0.4, -0.2) is 30.1 Å². The largest absolute Gasteiger partial charge is 0.469 e. The number of hydrogen-bond acceptors (Lipinski definition) is 4. The molecule has 27 heavy (non-hydrogen) atoms. The van der Waals surface area contributed by atoms with Gasteiger partial charge in [-0.25, -0.2) is 0 Å². The number of carbonyl (C=O) groups is 2. The van der Waals surface area contributed by atoms with Crippen molar-refractivity contribution in [1.82, 2.24) is 0 Å². The molecule has 0 saturated heterocycles. The first-order valence-electron chi connectivity index (χ1n) is 10.4. The zero-order chi connectivity index (χ0) is 19.6. The van der Waals surface area contributed by atoms with Crippen LogP contribution in [0.2, 0.25) is 0 Å². The molecule has 0 aromatic rings. The number of rotatable bonds is 2. The number of aliphatic hydroxyl groups is 1. The fourth-order valence-corrected chi connectivity index (χ4v) is 7.17. The topological polar surface area (TPSA) is 63.6 Å². The van der Waals surface area contributed by atoms with Crippen molar-refractivity contribution in [1.29, 1.82) is 0 Å². The number of allylic oxidation sites excluding steroid dienone is 4. The first kappa shape index (κ1) is 18.9. The van der Waals surface area contributed by atoms with E-state index in [2.05, 4.69) is 26.0 Å². The Kier molecular flexibility index (Phi) is 4.41. The van der Waals surface area contributed by atoms with Gasteiger partial charge in [-0.2, -0.15) is 0 Å². The van der Waals surface area contributed by atoms with Crippen molar-refractivity contribution in [3.05, 3.63) is 23.8 Å². The highest BCUT2D eigenvalue weighted by Crippen LogP contribution is 2.66. The fraction of sp³-hybridized carbons (Fsp3) is 0.739. The van der Waals surface area contributed by atoms with Crippen LogP contribution < -0.4 is 0 Å². The highest BCUT2D eigenvalue weighted by molar-refractivity contribution is 5.92. The maximum Gasteiger partial charge on any atom is 0.308 e. The molecule has 0 radical (unpaired) electrons. The Hall–Kier alpha value is -1.42. The maximum absolute atomic E-state index is 12.2. The van der Waals surface area contributed by atoms with E-state index in [4.69, 9.17) is 4.74 Å². The summed E-state index contributed by atoms with van der Waals surface area (Å²) in [5.74, 6) is 1.15. The van der Waals surface area contributed by atoms with Crippen molar-refractivity contribution in [3.8, 4) is 0 Å². The van der Waals surface area contributed by atoms with Crippen LogP contribution in [0.3, 0.4) is 0 Å². The molecule has 148 valence electrons. The van der Waals surface area contributed by atoms with Crippen molar-refractivity contribution < 1.29 is 19.4 Å². The summed E-state index contributed by atoms with van der Waals surface area (Å²) < 4.78 is 5.01. The van der Waals surface area contributed by atoms with Gasteiger partial charge in [0, 0.05) is 11.8 Å². The highest BCUT2D eigenvalue weighted by Gasteiger charge is 2.62. The van der Waals surface area contributed by atoms with E-state index in [9.17, 15) is 14.7 Å². The number of aliphatic hydroxyl groups excluding tert-OH is 1. The molecule has 0 bridgehead atoms. The first-order chi connectivity index (χ1) is 12.7. The van der Waals surface area contributed by atoms with E-state index < -0.39 is 6.10 Å². The van der Waals surface area contributed by atoms with Crippen LogP contribution in [0.15, 0.2) is 23.8 Å². The summed E-state index contributed by atoms with van der Waals surface area (Å²) in [6, 6.07) is 0. The zero-order valence-electron chi connectivity index (χ0n) is 16.9. The lowest BCUT2D eigenvalue weighted by atomic mass is 9.47. The summed E-state index contributed by atoms with van der Waals surface area (Å²) in [5.41, 5.74) is 0.858. The lowest BCUT2D eigenvalue weighted by molar-refractivity contribution is -0.155. The third-order valence-electron chi connectivity index (χ3n) is 8.87. The number of carbonyl (C=O) groups excluding carboxylic acids is 2. The summed E-state index contributed by atoms with van der Waals surface area (Å²) in [4.78, 5) is 24.1. The molecular weight excluding hydrogens is 340 g/mol. The molecule has 0 aromatic heterocycles. The average Bonchev–Trinajstić information content (AvgIpc) is 3.01. The van der Waals surface area contributed by atoms with Crippen LogP contribution in [-0.2, 0) is 14.3 Å². The first-order valence-corrected chi connectivity index (χ1v) is 10.4. The van der Waals surface area contributed by atoms with Gasteiger partial charge in [-0.3, -0.25) is 9.59 Å². The maximum atomic E-state index is 12.2. The van der Waals surface area contributed by atoms with Gasteiger partial charge in [0.05, 0.1) is 19.1 Å². The van der Waals surface area contributed by atoms with Gasteiger partial charge in [-0.05, 0) is 66.4 Å². The minimum atomic E-state index is -0.425. The summed E-state index contributed by atoms with van der Waals surface area (Å²) in [7, 11) is 1.45. The number of ether oxygens (including phenoxy) is 1. The fourth-order valence-electron chi connectivity index (χ4n) is 7.17. The van der Waals surface area contributed by atoms with Gasteiger partial charge in [-0.15, -0.1) is 0 Å². The molecular formula is C23H32O4. The van der Waals surface area contributed by atoms with Crippen molar-refractivity contribution in [3.63, 3.8) is 0 Å². The van der Waals surface area contributed by atoms with Gasteiger partial charge in [0.2, 0.25) is 0 Å². The highest BCUT2D eigenvalue weighted by atomic mass is 16.5. The Labute approximate surface area is 162 Å². The number of hydrogen-bond donors (Lipinski definition) is 1. The SMILES string of the molecule is COC(=O)C(C)[C@H]1CC[C@H]2[C@@H]3C=CC4=CC(=O)CC[C@]4(C)[C@H]3CC(O)[C@]12C. The third kappa shape index (κ3) is 2.52. The van der Waals surface area contributed by atoms with Crippen molar-refractivity contribution >= 4 is 11.8 Å². The van der Waals surface area contributed by atoms with Crippen LogP contribution in [0.5, 0.6) is 0 Å². The standard InChI is InChI=1S/C23H32O4/c1-13(21(26)27-4)17-7-8-18-16-6-5-14-11-15(24)9-10-22(14,2)19(16)12-20(25)23(17,18)3/h5-6,11,13,16-20,25H,7-10,12H2,1-4H3/t13?,16-,17+,18-,19-,20?,22-,23+/m0/s1. The average molecular weight is 373 g/mol. The molecule has 2 fully saturated rings. The van der Waals surface area contributed by atoms with Crippen molar-refractivity contribution in [2.45, 2.75) is 59.0 Å². The Balaban J connectivity index is 1.71. The second kappa shape index (κ2) is 6.30. The molecule has 0 aliphatic heterocycles. The summed E-state index contributed by atoms with van der Waals surface area (Å²) in [5, 5.41) is 11.3. The van der Waals surface area contributed by atoms with E-state index in [1.54, 1.807) is 0 Å². The molecule has 4 rings (SSSR count). The Morgan fingerprint density at radius 2 is 2.04 bits per heavy atom. The minimum Gasteiger partial charge on any atom is -0.469 e. The summed E-state index contributed by atoms with van der Waals surface area (Å²) >= 11 is 0. The van der Waals surface area contributed by atoms with E-state index in [1.165, 1.54) is 7.11 Å². The second-order valence-corrected chi connectivity index (χ2v) is 9.75. The third-order valence-corrected chi connectivity index (χ3v) is 8.87. The molecule has 4 aliphatic rings. The minimum absolute atomic E-state index is 0.0261. The van der Waals surface area contributed by atoms with Crippen molar-refractivity contribution in [2.75, 3.05) is 7.11 Å². The molecule has 0 amide bonds. The van der Waals surface area contributed by atoms with Crippen LogP contribution in [0.25, 0.3) is 0 Å². The van der Waals surface area contributed by atoms with Gasteiger partial charge >= 0.3 is 5.97 Å². The quantitative estimate of drug-likeness (QED) is 0.751. The van der Waals surface area contributed by atoms with Crippen LogP contribution in [0.4, 0.5) is 0 Å². The van der Waals surface area contributed by atoms with Gasteiger partial charge in [0.25, 0.3) is 0 Å². The Morgan fingerprint density at radius 3 is 2.74 bits per heavy atom. The predicted molar refractivity (Wildman–Crippen MR) is 103 cm³/mol. The molecule has 0 heterocycles. The van der Waals surface area contributed by atoms with E-state index in [1.807, 2.05) is 13.0 Å². The van der Waals surface area contributed by atoms with E-state index >= 15 is 0 Å². The number of fused-ring (bicyclic) bond motifs is 5. The number of ketones is 1. The molecule has 2 unspecified atom stereocenters. The Bertz CT molecular complexity index is 722. The summed E-state index contributed by atoms with van der Waals surface area (Å²) in [6.07, 6.45) is 10.1. The molecule has 4 heteroatoms. The zero-order valence-corrected chi connectivity index (χ0v) is 16.9. The smallest absolute Gasteiger partial charge is 0.308 e. The van der Waals surface area contributed by atoms with Crippen LogP contribution in [0.1, 0.15) is 52.9 Å². The molecule has 0 aromatic carbocycles. The van der Waals surface area contributed by atoms with E-state index in [0.717, 1.165) is 31.3 Å². The molecule has 4 aliphatic carbocycles. The molecule has 4 nitrogen and oxygen atoms in total. The van der Waals surface area contributed by atoms with Gasteiger partial charge in [0.1, 0.15) is 0 Å². The Morgan fingerprint density at radius 1 is 1.30 bits per heavy atom. The monoisotopic (exact) mass is 372 g/mol. The molecule has 8 atom stereocenters. The molecule has 0 spiro atoms. The second-order valence-electron chi connectivity index (χ2n) is 9.75. The van der Waals surface area contributed by atoms with Crippen LogP contribution in [0, 0.1) is 40.4 Å². The molecule has 1 N–H and O–H groups in total. The lowest BCUT2D eigenvalue weighted by Gasteiger charge is -2.58. The van der Waals surface area contributed by atoms with Gasteiger partial charge < -0.3 is 9.84 Å². The molecule has 2 saturated carbocycles. The van der Waals surface area contributed by atoms with E-state index in [-0.39, 0.29) is 34.4 Å². The lowest BCUT2D eigenvalue weighted by Crippen LogP contribution is -2.56. The van der Waals surface area contributed by atoms with E-state index in [0.29, 0.717) is 24.2 Å². The summed E-state index contributed by atoms with van der Waals surface area (Å²) in [6.45, 7) is 6.43. The number of esters is 1. The normalized spacial score (nSPS) is 46.8. The van der Waals surface area contributed by atoms with Crippen LogP contribution >= 0.6 is 0 Å².